The highest BCUT2D eigenvalue weighted by Gasteiger charge is 2.42. The van der Waals surface area contributed by atoms with Crippen molar-refractivity contribution in [3.8, 4) is 22.8 Å². The molecule has 0 unspecified atom stereocenters. The number of ether oxygens (including phenoxy) is 1. The number of pyridine rings is 1. The summed E-state index contributed by atoms with van der Waals surface area (Å²) in [6.45, 7) is 16.7. The second-order valence-corrected chi connectivity index (χ2v) is 14.0. The van der Waals surface area contributed by atoms with E-state index in [1.54, 1.807) is 25.6 Å². The van der Waals surface area contributed by atoms with Crippen molar-refractivity contribution in [1.29, 1.82) is 0 Å². The third kappa shape index (κ3) is 4.26. The highest BCUT2D eigenvalue weighted by atomic mass is 28.4. The van der Waals surface area contributed by atoms with Crippen molar-refractivity contribution >= 4 is 8.32 Å². The average Bonchev–Trinajstić information content (AvgIpc) is 2.54. The van der Waals surface area contributed by atoms with Crippen molar-refractivity contribution in [3.63, 3.8) is 0 Å². The standard InChI is InChI=1S/C21H31NO4Si/c1-20(2,3)15-17(24-7)18(26-27(8,9)21(4,5)6)16(25-19(15)23)14-11-10-12-22-13-14/h10-13H,1-9H3. The van der Waals surface area contributed by atoms with Crippen LogP contribution in [0, 0.1) is 0 Å². The van der Waals surface area contributed by atoms with Crippen LogP contribution in [0.15, 0.2) is 33.7 Å². The van der Waals surface area contributed by atoms with Crippen LogP contribution < -0.4 is 14.8 Å². The number of rotatable bonds is 4. The van der Waals surface area contributed by atoms with Gasteiger partial charge in [0.1, 0.15) is 0 Å². The third-order valence-corrected chi connectivity index (χ3v) is 9.41. The van der Waals surface area contributed by atoms with Crippen LogP contribution >= 0.6 is 0 Å². The minimum Gasteiger partial charge on any atom is -0.538 e. The van der Waals surface area contributed by atoms with Crippen molar-refractivity contribution in [2.24, 2.45) is 0 Å². The smallest absolute Gasteiger partial charge is 0.344 e. The second-order valence-electron chi connectivity index (χ2n) is 9.31. The number of hydrogen-bond acceptors (Lipinski definition) is 5. The van der Waals surface area contributed by atoms with Crippen LogP contribution in [0.1, 0.15) is 47.1 Å². The molecule has 0 saturated heterocycles. The van der Waals surface area contributed by atoms with Gasteiger partial charge in [-0.2, -0.15) is 0 Å². The SMILES string of the molecule is COc1c(O[Si](C)(C)C(C)(C)C)c(-c2cccnc2)oc(=O)c1C(C)(C)C. The predicted octanol–water partition coefficient (Wildman–Crippen LogP) is 5.39. The summed E-state index contributed by atoms with van der Waals surface area (Å²) in [5, 5.41) is -0.0255. The largest absolute Gasteiger partial charge is 0.538 e. The Morgan fingerprint density at radius 3 is 2.15 bits per heavy atom. The first kappa shape index (κ1) is 21.2. The molecule has 0 atom stereocenters. The van der Waals surface area contributed by atoms with Gasteiger partial charge in [0.2, 0.25) is 0 Å². The Morgan fingerprint density at radius 2 is 1.70 bits per heavy atom. The van der Waals surface area contributed by atoms with Crippen molar-refractivity contribution in [2.75, 3.05) is 7.11 Å². The van der Waals surface area contributed by atoms with E-state index in [2.05, 4.69) is 38.8 Å². The first-order chi connectivity index (χ1) is 12.3. The van der Waals surface area contributed by atoms with Gasteiger partial charge >= 0.3 is 5.63 Å². The zero-order valence-corrected chi connectivity index (χ0v) is 18.9. The molecular weight excluding hydrogens is 358 g/mol. The maximum Gasteiger partial charge on any atom is 0.344 e. The summed E-state index contributed by atoms with van der Waals surface area (Å²) in [7, 11) is -0.654. The van der Waals surface area contributed by atoms with Gasteiger partial charge in [0.25, 0.3) is 8.32 Å². The molecule has 0 aliphatic carbocycles. The Morgan fingerprint density at radius 1 is 1.07 bits per heavy atom. The van der Waals surface area contributed by atoms with Gasteiger partial charge in [-0.25, -0.2) is 4.79 Å². The summed E-state index contributed by atoms with van der Waals surface area (Å²) in [5.41, 5.74) is 0.291. The van der Waals surface area contributed by atoms with Gasteiger partial charge in [-0.1, -0.05) is 41.5 Å². The number of nitrogens with zero attached hydrogens (tertiary/aromatic N) is 1. The molecule has 2 rings (SSSR count). The quantitative estimate of drug-likeness (QED) is 0.656. The lowest BCUT2D eigenvalue weighted by Gasteiger charge is -2.37. The van der Waals surface area contributed by atoms with Gasteiger partial charge in [-0.3, -0.25) is 4.98 Å². The van der Waals surface area contributed by atoms with Gasteiger partial charge in [0.15, 0.2) is 17.3 Å². The molecule has 0 amide bonds. The summed E-state index contributed by atoms with van der Waals surface area (Å²) >= 11 is 0. The topological polar surface area (TPSA) is 61.6 Å². The van der Waals surface area contributed by atoms with Gasteiger partial charge < -0.3 is 13.6 Å². The van der Waals surface area contributed by atoms with Crippen LogP contribution in [0.25, 0.3) is 11.3 Å². The Bertz CT molecular complexity index is 859. The molecule has 0 fully saturated rings. The maximum absolute atomic E-state index is 12.8. The van der Waals surface area contributed by atoms with Gasteiger partial charge in [0.05, 0.1) is 12.7 Å². The molecule has 0 bridgehead atoms. The minimum absolute atomic E-state index is 0.0255. The van der Waals surface area contributed by atoms with Crippen molar-refractivity contribution in [3.05, 3.63) is 40.5 Å². The molecule has 6 heteroatoms. The van der Waals surface area contributed by atoms with Gasteiger partial charge in [0, 0.05) is 18.0 Å². The van der Waals surface area contributed by atoms with E-state index >= 15 is 0 Å². The highest BCUT2D eigenvalue weighted by molar-refractivity contribution is 6.74. The van der Waals surface area contributed by atoms with Crippen molar-refractivity contribution in [2.45, 2.75) is 65.1 Å². The van der Waals surface area contributed by atoms with Crippen LogP contribution in [0.2, 0.25) is 18.1 Å². The van der Waals surface area contributed by atoms with Crippen LogP contribution in [-0.4, -0.2) is 20.4 Å². The second kappa shape index (κ2) is 7.15. The molecule has 0 saturated carbocycles. The molecule has 0 aliphatic heterocycles. The summed E-state index contributed by atoms with van der Waals surface area (Å²) < 4.78 is 18.1. The molecule has 2 aromatic rings. The van der Waals surface area contributed by atoms with Gasteiger partial charge in [-0.05, 0) is 35.7 Å². The van der Waals surface area contributed by atoms with Gasteiger partial charge in [-0.15, -0.1) is 0 Å². The van der Waals surface area contributed by atoms with E-state index in [1.165, 1.54) is 0 Å². The zero-order valence-electron chi connectivity index (χ0n) is 17.9. The van der Waals surface area contributed by atoms with E-state index < -0.39 is 19.4 Å². The summed E-state index contributed by atoms with van der Waals surface area (Å²) in [6, 6.07) is 3.65. The molecule has 2 heterocycles. The van der Waals surface area contributed by atoms with E-state index in [1.807, 2.05) is 26.8 Å². The third-order valence-electron chi connectivity index (χ3n) is 5.08. The molecule has 0 aromatic carbocycles. The average molecular weight is 390 g/mol. The fourth-order valence-electron chi connectivity index (χ4n) is 2.53. The molecule has 0 spiro atoms. The van der Waals surface area contributed by atoms with Crippen LogP contribution in [0.4, 0.5) is 0 Å². The normalized spacial score (nSPS) is 12.8. The van der Waals surface area contributed by atoms with Crippen LogP contribution in [0.3, 0.4) is 0 Å². The molecule has 0 aliphatic rings. The first-order valence-corrected chi connectivity index (χ1v) is 12.1. The Hall–Kier alpha value is -2.08. The lowest BCUT2D eigenvalue weighted by atomic mass is 9.87. The molecular formula is C21H31NO4Si. The van der Waals surface area contributed by atoms with Crippen LogP contribution in [0.5, 0.6) is 11.5 Å². The van der Waals surface area contributed by atoms with Crippen LogP contribution in [-0.2, 0) is 5.41 Å². The Kier molecular flexibility index (Phi) is 5.62. The molecule has 2 aromatic heterocycles. The monoisotopic (exact) mass is 389 g/mol. The van der Waals surface area contributed by atoms with E-state index in [-0.39, 0.29) is 5.04 Å². The summed E-state index contributed by atoms with van der Waals surface area (Å²) in [4.78, 5) is 17.0. The van der Waals surface area contributed by atoms with Crippen molar-refractivity contribution < 1.29 is 13.6 Å². The molecule has 0 radical (unpaired) electrons. The Labute approximate surface area is 162 Å². The maximum atomic E-state index is 12.8. The highest BCUT2D eigenvalue weighted by Crippen LogP contribution is 2.46. The lowest BCUT2D eigenvalue weighted by Crippen LogP contribution is -2.44. The van der Waals surface area contributed by atoms with E-state index in [0.717, 1.165) is 0 Å². The zero-order chi connectivity index (χ0) is 20.6. The minimum atomic E-state index is -2.22. The molecule has 148 valence electrons. The fourth-order valence-corrected chi connectivity index (χ4v) is 3.53. The number of methoxy groups -OCH3 is 1. The van der Waals surface area contributed by atoms with Crippen molar-refractivity contribution in [1.82, 2.24) is 4.98 Å². The van der Waals surface area contributed by atoms with E-state index in [9.17, 15) is 4.79 Å². The number of hydrogen-bond donors (Lipinski definition) is 0. The fraction of sp³-hybridized carbons (Fsp3) is 0.524. The lowest BCUT2D eigenvalue weighted by molar-refractivity contribution is 0.349. The molecule has 27 heavy (non-hydrogen) atoms. The molecule has 5 nitrogen and oxygen atoms in total. The molecule has 0 N–H and O–H groups in total. The summed E-state index contributed by atoms with van der Waals surface area (Å²) in [6.07, 6.45) is 3.34. The first-order valence-electron chi connectivity index (χ1n) is 9.14. The summed E-state index contributed by atoms with van der Waals surface area (Å²) in [5.74, 6) is 1.30. The Balaban J connectivity index is 2.86. The van der Waals surface area contributed by atoms with E-state index in [0.29, 0.717) is 28.4 Å². The predicted molar refractivity (Wildman–Crippen MR) is 111 cm³/mol. The van der Waals surface area contributed by atoms with E-state index in [4.69, 9.17) is 13.6 Å². The number of aromatic nitrogens is 1.